The number of anilines is 2. The molecule has 1 N–H and O–H groups in total. The standard InChI is InChI=1S/C28H34N4O3/c1-2-20-8-10-21(11-9-20)18-29-26(33)19-32-25-17-22(27(34)30-14-5-6-15-30)12-13-23(25)31-16-4-3-7-24(31)28(32)35/h8-13,17,24H,2-7,14-16,18-19H2,1H3,(H,29,33)/t24-/m1/s1. The molecule has 0 aromatic heterocycles. The van der Waals surface area contributed by atoms with E-state index in [0.29, 0.717) is 17.8 Å². The van der Waals surface area contributed by atoms with Gasteiger partial charge in [0.25, 0.3) is 5.91 Å². The summed E-state index contributed by atoms with van der Waals surface area (Å²) in [4.78, 5) is 45.2. The van der Waals surface area contributed by atoms with Gasteiger partial charge in [0.15, 0.2) is 0 Å². The smallest absolute Gasteiger partial charge is 0.253 e. The summed E-state index contributed by atoms with van der Waals surface area (Å²) in [7, 11) is 0. The second-order valence-corrected chi connectivity index (χ2v) is 9.78. The third-order valence-corrected chi connectivity index (χ3v) is 7.49. The lowest BCUT2D eigenvalue weighted by Crippen LogP contribution is -2.57. The van der Waals surface area contributed by atoms with E-state index >= 15 is 0 Å². The number of fused-ring (bicyclic) bond motifs is 3. The number of hydrogen-bond donors (Lipinski definition) is 1. The van der Waals surface area contributed by atoms with Gasteiger partial charge >= 0.3 is 0 Å². The first kappa shape index (κ1) is 23.4. The molecule has 2 aromatic rings. The maximum Gasteiger partial charge on any atom is 0.253 e. The SMILES string of the molecule is CCc1ccc(CNC(=O)CN2C(=O)[C@H]3CCCCN3c3ccc(C(=O)N4CCCC4)cc32)cc1. The van der Waals surface area contributed by atoms with Crippen molar-refractivity contribution in [2.75, 3.05) is 36.0 Å². The number of piperidine rings is 1. The topological polar surface area (TPSA) is 73.0 Å². The van der Waals surface area contributed by atoms with Gasteiger partial charge in [-0.3, -0.25) is 19.3 Å². The van der Waals surface area contributed by atoms with Crippen molar-refractivity contribution in [3.05, 3.63) is 59.2 Å². The zero-order valence-electron chi connectivity index (χ0n) is 20.5. The molecule has 5 rings (SSSR count). The lowest BCUT2D eigenvalue weighted by Gasteiger charge is -2.45. The number of carbonyl (C=O) groups is 3. The van der Waals surface area contributed by atoms with Gasteiger partial charge in [0.05, 0.1) is 11.4 Å². The van der Waals surface area contributed by atoms with Crippen molar-refractivity contribution in [3.8, 4) is 0 Å². The molecule has 7 heteroatoms. The molecule has 7 nitrogen and oxygen atoms in total. The minimum absolute atomic E-state index is 0.00144. The molecule has 3 aliphatic rings. The first-order chi connectivity index (χ1) is 17.0. The maximum absolute atomic E-state index is 13.5. The van der Waals surface area contributed by atoms with E-state index in [4.69, 9.17) is 0 Å². The Morgan fingerprint density at radius 1 is 0.914 bits per heavy atom. The zero-order valence-corrected chi connectivity index (χ0v) is 20.5. The van der Waals surface area contributed by atoms with Crippen molar-refractivity contribution >= 4 is 29.1 Å². The summed E-state index contributed by atoms with van der Waals surface area (Å²) in [6.07, 6.45) is 5.85. The van der Waals surface area contributed by atoms with Crippen LogP contribution in [-0.4, -0.2) is 54.8 Å². The number of rotatable bonds is 6. The van der Waals surface area contributed by atoms with Crippen LogP contribution in [0.2, 0.25) is 0 Å². The van der Waals surface area contributed by atoms with Gasteiger partial charge in [0.2, 0.25) is 11.8 Å². The molecule has 2 aromatic carbocycles. The minimum Gasteiger partial charge on any atom is -0.358 e. The average Bonchev–Trinajstić information content (AvgIpc) is 3.44. The summed E-state index contributed by atoms with van der Waals surface area (Å²) in [6, 6.07) is 13.6. The summed E-state index contributed by atoms with van der Waals surface area (Å²) in [5, 5.41) is 2.97. The number of carbonyl (C=O) groups excluding carboxylic acids is 3. The van der Waals surface area contributed by atoms with E-state index in [1.165, 1.54) is 5.56 Å². The highest BCUT2D eigenvalue weighted by atomic mass is 16.2. The van der Waals surface area contributed by atoms with Crippen LogP contribution in [0.25, 0.3) is 0 Å². The summed E-state index contributed by atoms with van der Waals surface area (Å²) in [6.45, 7) is 4.84. The molecule has 0 spiro atoms. The Kier molecular flexibility index (Phi) is 6.75. The zero-order chi connectivity index (χ0) is 24.4. The van der Waals surface area contributed by atoms with Gasteiger partial charge in [-0.25, -0.2) is 0 Å². The van der Waals surface area contributed by atoms with Gasteiger partial charge < -0.3 is 15.1 Å². The van der Waals surface area contributed by atoms with Gasteiger partial charge in [-0.15, -0.1) is 0 Å². The summed E-state index contributed by atoms with van der Waals surface area (Å²) >= 11 is 0. The van der Waals surface area contributed by atoms with E-state index in [-0.39, 0.29) is 30.3 Å². The monoisotopic (exact) mass is 474 g/mol. The fourth-order valence-corrected chi connectivity index (χ4v) is 5.45. The quantitative estimate of drug-likeness (QED) is 0.696. The van der Waals surface area contributed by atoms with Gasteiger partial charge in [0, 0.05) is 31.7 Å². The largest absolute Gasteiger partial charge is 0.358 e. The van der Waals surface area contributed by atoms with E-state index in [9.17, 15) is 14.4 Å². The Balaban J connectivity index is 1.37. The van der Waals surface area contributed by atoms with Crippen molar-refractivity contribution in [3.63, 3.8) is 0 Å². The Bertz CT molecular complexity index is 1110. The van der Waals surface area contributed by atoms with Crippen molar-refractivity contribution in [1.82, 2.24) is 10.2 Å². The number of hydrogen-bond acceptors (Lipinski definition) is 4. The first-order valence-corrected chi connectivity index (χ1v) is 12.9. The number of benzene rings is 2. The average molecular weight is 475 g/mol. The molecule has 0 bridgehead atoms. The Labute approximate surface area is 207 Å². The number of nitrogens with zero attached hydrogens (tertiary/aromatic N) is 3. The molecule has 184 valence electrons. The lowest BCUT2D eigenvalue weighted by atomic mass is 9.95. The molecule has 0 unspecified atom stereocenters. The normalized spacial score (nSPS) is 19.4. The van der Waals surface area contributed by atoms with Crippen LogP contribution in [0.15, 0.2) is 42.5 Å². The molecule has 3 amide bonds. The van der Waals surface area contributed by atoms with Crippen molar-refractivity contribution in [2.45, 2.75) is 58.0 Å². The molecule has 3 heterocycles. The predicted molar refractivity (Wildman–Crippen MR) is 137 cm³/mol. The third-order valence-electron chi connectivity index (χ3n) is 7.49. The third kappa shape index (κ3) is 4.77. The minimum atomic E-state index is -0.245. The van der Waals surface area contributed by atoms with Crippen LogP contribution in [0.4, 0.5) is 11.4 Å². The van der Waals surface area contributed by atoms with Crippen molar-refractivity contribution in [2.24, 2.45) is 0 Å². The van der Waals surface area contributed by atoms with Crippen molar-refractivity contribution in [1.29, 1.82) is 0 Å². The van der Waals surface area contributed by atoms with E-state index in [2.05, 4.69) is 29.3 Å². The van der Waals surface area contributed by atoms with E-state index in [1.54, 1.807) is 4.90 Å². The number of aryl methyl sites for hydroxylation is 1. The predicted octanol–water partition coefficient (Wildman–Crippen LogP) is 3.51. The Hall–Kier alpha value is -3.35. The summed E-state index contributed by atoms with van der Waals surface area (Å²) in [5.74, 6) is -0.256. The number of nitrogens with one attached hydrogen (secondary N) is 1. The van der Waals surface area contributed by atoms with Crippen LogP contribution in [0.3, 0.4) is 0 Å². The molecule has 2 fully saturated rings. The molecule has 2 saturated heterocycles. The van der Waals surface area contributed by atoms with Crippen LogP contribution in [-0.2, 0) is 22.6 Å². The van der Waals surface area contributed by atoms with Crippen LogP contribution in [0, 0.1) is 0 Å². The highest BCUT2D eigenvalue weighted by Crippen LogP contribution is 2.40. The van der Waals surface area contributed by atoms with E-state index < -0.39 is 0 Å². The molecular formula is C28H34N4O3. The molecule has 3 aliphatic heterocycles. The van der Waals surface area contributed by atoms with Crippen LogP contribution in [0.1, 0.15) is 60.5 Å². The summed E-state index contributed by atoms with van der Waals surface area (Å²) < 4.78 is 0. The van der Waals surface area contributed by atoms with Crippen LogP contribution >= 0.6 is 0 Å². The Morgan fingerprint density at radius 2 is 1.63 bits per heavy atom. The second kappa shape index (κ2) is 10.1. The fourth-order valence-electron chi connectivity index (χ4n) is 5.45. The maximum atomic E-state index is 13.5. The number of likely N-dealkylation sites (tertiary alicyclic amines) is 1. The van der Waals surface area contributed by atoms with Gasteiger partial charge in [-0.2, -0.15) is 0 Å². The molecule has 0 radical (unpaired) electrons. The summed E-state index contributed by atoms with van der Waals surface area (Å²) in [5.41, 5.74) is 4.47. The molecule has 0 aliphatic carbocycles. The second-order valence-electron chi connectivity index (χ2n) is 9.78. The van der Waals surface area contributed by atoms with Crippen LogP contribution in [0.5, 0.6) is 0 Å². The van der Waals surface area contributed by atoms with Gasteiger partial charge in [-0.1, -0.05) is 31.2 Å². The van der Waals surface area contributed by atoms with Gasteiger partial charge in [0.1, 0.15) is 12.6 Å². The Morgan fingerprint density at radius 3 is 2.37 bits per heavy atom. The fraction of sp³-hybridized carbons (Fsp3) is 0.464. The van der Waals surface area contributed by atoms with E-state index in [0.717, 1.165) is 69.4 Å². The highest BCUT2D eigenvalue weighted by molar-refractivity contribution is 6.09. The molecule has 0 saturated carbocycles. The number of amides is 3. The van der Waals surface area contributed by atoms with Gasteiger partial charge in [-0.05, 0) is 67.9 Å². The van der Waals surface area contributed by atoms with Crippen molar-refractivity contribution < 1.29 is 14.4 Å². The highest BCUT2D eigenvalue weighted by Gasteiger charge is 2.40. The molecule has 35 heavy (non-hydrogen) atoms. The lowest BCUT2D eigenvalue weighted by molar-refractivity contribution is -0.125. The molecule has 1 atom stereocenters. The molecular weight excluding hydrogens is 440 g/mol. The first-order valence-electron chi connectivity index (χ1n) is 12.9. The van der Waals surface area contributed by atoms with Crippen LogP contribution < -0.4 is 15.1 Å². The van der Waals surface area contributed by atoms with E-state index in [1.807, 2.05) is 35.2 Å².